The fourth-order valence-corrected chi connectivity index (χ4v) is 1.69. The molecule has 1 amide bonds. The zero-order valence-electron chi connectivity index (χ0n) is 11.3. The first kappa shape index (κ1) is 14.5. The number of hydrazine groups is 1. The number of amides is 1. The van der Waals surface area contributed by atoms with E-state index in [2.05, 4.69) is 19.3 Å². The minimum atomic E-state index is -0.523. The maximum Gasteiger partial charge on any atom is 0.274 e. The van der Waals surface area contributed by atoms with Gasteiger partial charge in [-0.3, -0.25) is 10.2 Å². The summed E-state index contributed by atoms with van der Waals surface area (Å²) in [6, 6.07) is 7.82. The number of carbonyl (C=O) groups is 1. The van der Waals surface area contributed by atoms with Gasteiger partial charge in [0.05, 0.1) is 0 Å². The van der Waals surface area contributed by atoms with E-state index in [0.717, 1.165) is 6.42 Å². The molecule has 0 fully saturated rings. The lowest BCUT2D eigenvalue weighted by atomic mass is 10.0. The average Bonchev–Trinajstić information content (AvgIpc) is 2.38. The minimum absolute atomic E-state index is 0.287. The Morgan fingerprint density at radius 2 is 1.94 bits per heavy atom. The smallest absolute Gasteiger partial charge is 0.274 e. The predicted molar refractivity (Wildman–Crippen MR) is 72.2 cm³/mol. The van der Waals surface area contributed by atoms with Gasteiger partial charge in [-0.15, -0.1) is 0 Å². The number of hydrogen-bond donors (Lipinski definition) is 2. The van der Waals surface area contributed by atoms with Crippen molar-refractivity contribution >= 4 is 5.91 Å². The number of ether oxygens (including phenoxy) is 1. The third-order valence-electron chi connectivity index (χ3n) is 2.81. The highest BCUT2D eigenvalue weighted by molar-refractivity contribution is 5.80. The summed E-state index contributed by atoms with van der Waals surface area (Å²) in [5, 5.41) is 0. The Morgan fingerprint density at radius 1 is 1.33 bits per heavy atom. The molecule has 100 valence electrons. The Balaban J connectivity index is 2.71. The van der Waals surface area contributed by atoms with Gasteiger partial charge < -0.3 is 4.74 Å². The van der Waals surface area contributed by atoms with Crippen LogP contribution in [0.25, 0.3) is 0 Å². The number of rotatable bonds is 6. The lowest BCUT2D eigenvalue weighted by molar-refractivity contribution is -0.128. The largest absolute Gasteiger partial charge is 0.481 e. The standard InChI is InChI=1S/C14H22N2O2/c1-4-5-13(14(17)16-15)18-12-8-6-11(7-9-12)10(2)3/h6-10,13H,4-5,15H2,1-3H3,(H,16,17). The summed E-state index contributed by atoms with van der Waals surface area (Å²) in [5.41, 5.74) is 3.38. The van der Waals surface area contributed by atoms with Gasteiger partial charge in [0.25, 0.3) is 5.91 Å². The number of benzene rings is 1. The van der Waals surface area contributed by atoms with Crippen LogP contribution in [0.3, 0.4) is 0 Å². The number of nitrogens with one attached hydrogen (secondary N) is 1. The maximum absolute atomic E-state index is 11.5. The molecule has 0 aliphatic rings. The molecule has 1 rings (SSSR count). The molecule has 4 nitrogen and oxygen atoms in total. The van der Waals surface area contributed by atoms with Gasteiger partial charge in [0.15, 0.2) is 6.10 Å². The van der Waals surface area contributed by atoms with Crippen LogP contribution in [-0.4, -0.2) is 12.0 Å². The summed E-state index contributed by atoms with van der Waals surface area (Å²) < 4.78 is 5.65. The Hall–Kier alpha value is -1.55. The summed E-state index contributed by atoms with van der Waals surface area (Å²) in [6.07, 6.45) is 0.988. The molecular weight excluding hydrogens is 228 g/mol. The van der Waals surface area contributed by atoms with Gasteiger partial charge in [-0.1, -0.05) is 39.3 Å². The van der Waals surface area contributed by atoms with Crippen LogP contribution < -0.4 is 16.0 Å². The van der Waals surface area contributed by atoms with Gasteiger partial charge in [-0.25, -0.2) is 5.84 Å². The van der Waals surface area contributed by atoms with E-state index >= 15 is 0 Å². The van der Waals surface area contributed by atoms with Crippen LogP contribution in [0.2, 0.25) is 0 Å². The van der Waals surface area contributed by atoms with Crippen molar-refractivity contribution in [3.05, 3.63) is 29.8 Å². The van der Waals surface area contributed by atoms with E-state index in [1.54, 1.807) is 0 Å². The van der Waals surface area contributed by atoms with Crippen LogP contribution >= 0.6 is 0 Å². The number of nitrogens with two attached hydrogens (primary N) is 1. The third kappa shape index (κ3) is 4.04. The van der Waals surface area contributed by atoms with E-state index < -0.39 is 6.10 Å². The molecule has 1 atom stereocenters. The minimum Gasteiger partial charge on any atom is -0.481 e. The second kappa shape index (κ2) is 7.01. The molecule has 0 bridgehead atoms. The number of hydrogen-bond acceptors (Lipinski definition) is 3. The summed E-state index contributed by atoms with van der Waals surface area (Å²) in [7, 11) is 0. The van der Waals surface area contributed by atoms with Gasteiger partial charge in [0, 0.05) is 0 Å². The van der Waals surface area contributed by atoms with Crippen molar-refractivity contribution in [3.8, 4) is 5.75 Å². The molecule has 0 saturated heterocycles. The zero-order chi connectivity index (χ0) is 13.5. The Kier molecular flexibility index (Phi) is 5.65. The molecule has 0 aliphatic heterocycles. The van der Waals surface area contributed by atoms with Crippen molar-refractivity contribution in [2.45, 2.75) is 45.6 Å². The fourth-order valence-electron chi connectivity index (χ4n) is 1.69. The molecule has 4 heteroatoms. The topological polar surface area (TPSA) is 64.3 Å². The van der Waals surface area contributed by atoms with Crippen molar-refractivity contribution in [1.29, 1.82) is 0 Å². The number of carbonyl (C=O) groups excluding carboxylic acids is 1. The molecule has 0 heterocycles. The van der Waals surface area contributed by atoms with E-state index in [0.29, 0.717) is 18.1 Å². The fraction of sp³-hybridized carbons (Fsp3) is 0.500. The van der Waals surface area contributed by atoms with Gasteiger partial charge >= 0.3 is 0 Å². The highest BCUT2D eigenvalue weighted by Crippen LogP contribution is 2.20. The second-order valence-corrected chi connectivity index (χ2v) is 4.63. The Morgan fingerprint density at radius 3 is 2.39 bits per heavy atom. The van der Waals surface area contributed by atoms with Gasteiger partial charge in [0.2, 0.25) is 0 Å². The first-order chi connectivity index (χ1) is 8.58. The SMILES string of the molecule is CCCC(Oc1ccc(C(C)C)cc1)C(=O)NN. The van der Waals surface area contributed by atoms with Crippen LogP contribution in [0.4, 0.5) is 0 Å². The quantitative estimate of drug-likeness (QED) is 0.463. The summed E-state index contributed by atoms with van der Waals surface area (Å²) >= 11 is 0. The molecule has 3 N–H and O–H groups in total. The zero-order valence-corrected chi connectivity index (χ0v) is 11.3. The molecule has 18 heavy (non-hydrogen) atoms. The molecule has 0 saturated carbocycles. The molecular formula is C14H22N2O2. The van der Waals surface area contributed by atoms with Gasteiger partial charge in [-0.2, -0.15) is 0 Å². The van der Waals surface area contributed by atoms with Crippen molar-refractivity contribution in [3.63, 3.8) is 0 Å². The van der Waals surface area contributed by atoms with E-state index in [1.807, 2.05) is 31.2 Å². The van der Waals surface area contributed by atoms with Crippen LogP contribution in [0.15, 0.2) is 24.3 Å². The summed E-state index contributed by atoms with van der Waals surface area (Å²) in [6.45, 7) is 6.28. The molecule has 1 aromatic rings. The highest BCUT2D eigenvalue weighted by Gasteiger charge is 2.18. The van der Waals surface area contributed by atoms with E-state index in [4.69, 9.17) is 10.6 Å². The monoisotopic (exact) mass is 250 g/mol. The van der Waals surface area contributed by atoms with Crippen molar-refractivity contribution in [2.24, 2.45) is 5.84 Å². The van der Waals surface area contributed by atoms with Crippen molar-refractivity contribution in [1.82, 2.24) is 5.43 Å². The lowest BCUT2D eigenvalue weighted by Crippen LogP contribution is -2.42. The highest BCUT2D eigenvalue weighted by atomic mass is 16.5. The molecule has 0 aliphatic carbocycles. The summed E-state index contributed by atoms with van der Waals surface area (Å²) in [5.74, 6) is 6.03. The van der Waals surface area contributed by atoms with E-state index in [-0.39, 0.29) is 5.91 Å². The maximum atomic E-state index is 11.5. The van der Waals surface area contributed by atoms with Crippen molar-refractivity contribution < 1.29 is 9.53 Å². The predicted octanol–water partition coefficient (Wildman–Crippen LogP) is 2.35. The normalized spacial score (nSPS) is 12.3. The average molecular weight is 250 g/mol. The molecule has 0 radical (unpaired) electrons. The Bertz CT molecular complexity index is 374. The Labute approximate surface area is 108 Å². The van der Waals surface area contributed by atoms with Crippen LogP contribution in [-0.2, 0) is 4.79 Å². The van der Waals surface area contributed by atoms with Crippen molar-refractivity contribution in [2.75, 3.05) is 0 Å². The van der Waals surface area contributed by atoms with E-state index in [9.17, 15) is 4.79 Å². The summed E-state index contributed by atoms with van der Waals surface area (Å²) in [4.78, 5) is 11.5. The molecule has 0 spiro atoms. The molecule has 0 aromatic heterocycles. The first-order valence-corrected chi connectivity index (χ1v) is 6.35. The van der Waals surface area contributed by atoms with E-state index in [1.165, 1.54) is 5.56 Å². The molecule has 1 aromatic carbocycles. The van der Waals surface area contributed by atoms with Crippen LogP contribution in [0.1, 0.15) is 45.1 Å². The van der Waals surface area contributed by atoms with Gasteiger partial charge in [-0.05, 0) is 30.0 Å². The third-order valence-corrected chi connectivity index (χ3v) is 2.81. The lowest BCUT2D eigenvalue weighted by Gasteiger charge is -2.17. The second-order valence-electron chi connectivity index (χ2n) is 4.63. The molecule has 1 unspecified atom stereocenters. The van der Waals surface area contributed by atoms with Crippen LogP contribution in [0.5, 0.6) is 5.75 Å². The first-order valence-electron chi connectivity index (χ1n) is 6.35. The van der Waals surface area contributed by atoms with Gasteiger partial charge in [0.1, 0.15) is 5.75 Å². The van der Waals surface area contributed by atoms with Crippen LogP contribution in [0, 0.1) is 0 Å².